The van der Waals surface area contributed by atoms with E-state index in [0.717, 1.165) is 17.7 Å². The first-order chi connectivity index (χ1) is 13.5. The lowest BCUT2D eigenvalue weighted by Crippen LogP contribution is -2.14. The van der Waals surface area contributed by atoms with E-state index in [9.17, 15) is 9.59 Å². The van der Waals surface area contributed by atoms with Crippen molar-refractivity contribution < 1.29 is 9.59 Å². The molecule has 0 aliphatic rings. The molecule has 0 bridgehead atoms. The summed E-state index contributed by atoms with van der Waals surface area (Å²) in [5.74, 6) is 0.0472. The van der Waals surface area contributed by atoms with Gasteiger partial charge in [-0.3, -0.25) is 9.59 Å². The number of hydrogen-bond acceptors (Lipinski definition) is 5. The number of aromatic nitrogens is 2. The van der Waals surface area contributed by atoms with Gasteiger partial charge in [-0.25, -0.2) is 9.97 Å². The van der Waals surface area contributed by atoms with E-state index in [1.807, 2.05) is 24.3 Å². The molecule has 0 fully saturated rings. The van der Waals surface area contributed by atoms with Crippen molar-refractivity contribution in [2.75, 3.05) is 16.0 Å². The van der Waals surface area contributed by atoms with Crippen LogP contribution in [-0.2, 0) is 11.2 Å². The number of nitrogens with one attached hydrogen (secondary N) is 3. The fraction of sp³-hybridized carbons (Fsp3) is 0.143. The van der Waals surface area contributed by atoms with E-state index in [1.54, 1.807) is 30.3 Å². The van der Waals surface area contributed by atoms with Gasteiger partial charge in [0.25, 0.3) is 5.91 Å². The Balaban J connectivity index is 1.71. The Morgan fingerprint density at radius 1 is 0.929 bits per heavy atom. The van der Waals surface area contributed by atoms with Gasteiger partial charge in [0.1, 0.15) is 17.8 Å². The molecule has 7 nitrogen and oxygen atoms in total. The van der Waals surface area contributed by atoms with Crippen LogP contribution in [0.4, 0.5) is 22.9 Å². The first kappa shape index (κ1) is 19.0. The molecule has 2 amide bonds. The summed E-state index contributed by atoms with van der Waals surface area (Å²) in [6, 6.07) is 16.4. The van der Waals surface area contributed by atoms with Crippen LogP contribution < -0.4 is 16.0 Å². The molecular weight excluding hydrogens is 354 g/mol. The van der Waals surface area contributed by atoms with Crippen LogP contribution in [0.15, 0.2) is 60.9 Å². The van der Waals surface area contributed by atoms with E-state index in [2.05, 4.69) is 32.8 Å². The molecule has 0 aliphatic carbocycles. The predicted molar refractivity (Wildman–Crippen MR) is 110 cm³/mol. The van der Waals surface area contributed by atoms with E-state index in [-0.39, 0.29) is 17.5 Å². The summed E-state index contributed by atoms with van der Waals surface area (Å²) < 4.78 is 0. The van der Waals surface area contributed by atoms with Gasteiger partial charge < -0.3 is 16.0 Å². The Morgan fingerprint density at radius 2 is 1.61 bits per heavy atom. The molecular formula is C21H21N5O2. The molecule has 2 aromatic carbocycles. The lowest BCUT2D eigenvalue weighted by molar-refractivity contribution is -0.114. The highest BCUT2D eigenvalue weighted by Gasteiger charge is 2.10. The molecule has 7 heteroatoms. The smallest absolute Gasteiger partial charge is 0.274 e. The fourth-order valence-electron chi connectivity index (χ4n) is 2.67. The number of nitrogens with zero attached hydrogens (tertiary/aromatic N) is 2. The average Bonchev–Trinajstić information content (AvgIpc) is 2.70. The minimum Gasteiger partial charge on any atom is -0.340 e. The van der Waals surface area contributed by atoms with Crippen LogP contribution in [0.5, 0.6) is 0 Å². The zero-order valence-corrected chi connectivity index (χ0v) is 15.7. The molecule has 142 valence electrons. The third-order valence-corrected chi connectivity index (χ3v) is 4.02. The number of para-hydroxylation sites is 1. The Hall–Kier alpha value is -3.74. The minimum atomic E-state index is -0.346. The first-order valence-corrected chi connectivity index (χ1v) is 8.91. The molecule has 0 saturated heterocycles. The van der Waals surface area contributed by atoms with Crippen molar-refractivity contribution in [2.45, 2.75) is 20.3 Å². The van der Waals surface area contributed by atoms with E-state index in [1.165, 1.54) is 13.3 Å². The molecule has 0 radical (unpaired) electrons. The highest BCUT2D eigenvalue weighted by molar-refractivity contribution is 6.03. The summed E-state index contributed by atoms with van der Waals surface area (Å²) in [6.07, 6.45) is 2.24. The highest BCUT2D eigenvalue weighted by Crippen LogP contribution is 2.20. The Labute approximate surface area is 163 Å². The van der Waals surface area contributed by atoms with Crippen molar-refractivity contribution in [3.8, 4) is 0 Å². The SMILES string of the molecule is CCc1ccccc1Nc1cc(C(=O)Nc2ccc(NC(C)=O)cc2)ncn1. The second-order valence-electron chi connectivity index (χ2n) is 6.14. The molecule has 3 N–H and O–H groups in total. The molecule has 28 heavy (non-hydrogen) atoms. The van der Waals surface area contributed by atoms with E-state index < -0.39 is 0 Å². The summed E-state index contributed by atoms with van der Waals surface area (Å²) >= 11 is 0. The van der Waals surface area contributed by atoms with Gasteiger partial charge in [-0.05, 0) is 42.3 Å². The van der Waals surface area contributed by atoms with Gasteiger partial charge in [0.2, 0.25) is 5.91 Å². The lowest BCUT2D eigenvalue weighted by Gasteiger charge is -2.11. The minimum absolute atomic E-state index is 0.151. The highest BCUT2D eigenvalue weighted by atomic mass is 16.2. The normalized spacial score (nSPS) is 10.2. The second-order valence-corrected chi connectivity index (χ2v) is 6.14. The molecule has 0 unspecified atom stereocenters. The molecule has 0 spiro atoms. The summed E-state index contributed by atoms with van der Waals surface area (Å²) in [5.41, 5.74) is 3.62. The van der Waals surface area contributed by atoms with E-state index in [4.69, 9.17) is 0 Å². The van der Waals surface area contributed by atoms with Crippen molar-refractivity contribution in [1.82, 2.24) is 9.97 Å². The third kappa shape index (κ3) is 4.91. The Morgan fingerprint density at radius 3 is 2.29 bits per heavy atom. The fourth-order valence-corrected chi connectivity index (χ4v) is 2.67. The van der Waals surface area contributed by atoms with Crippen LogP contribution in [0.3, 0.4) is 0 Å². The van der Waals surface area contributed by atoms with Crippen molar-refractivity contribution in [3.05, 3.63) is 72.2 Å². The zero-order chi connectivity index (χ0) is 19.9. The maximum atomic E-state index is 12.5. The van der Waals surface area contributed by atoms with Crippen molar-refractivity contribution in [3.63, 3.8) is 0 Å². The van der Waals surface area contributed by atoms with E-state index in [0.29, 0.717) is 17.2 Å². The first-order valence-electron chi connectivity index (χ1n) is 8.91. The second kappa shape index (κ2) is 8.77. The Bertz CT molecular complexity index is 986. The van der Waals surface area contributed by atoms with Crippen LogP contribution in [0.1, 0.15) is 29.9 Å². The number of amides is 2. The molecule has 3 rings (SSSR count). The maximum absolute atomic E-state index is 12.5. The van der Waals surface area contributed by atoms with Crippen molar-refractivity contribution >= 4 is 34.7 Å². The largest absolute Gasteiger partial charge is 0.340 e. The number of benzene rings is 2. The van der Waals surface area contributed by atoms with Crippen LogP contribution in [0.25, 0.3) is 0 Å². The van der Waals surface area contributed by atoms with Crippen LogP contribution >= 0.6 is 0 Å². The van der Waals surface area contributed by atoms with Crippen LogP contribution in [0.2, 0.25) is 0 Å². The number of anilines is 4. The van der Waals surface area contributed by atoms with Crippen molar-refractivity contribution in [1.29, 1.82) is 0 Å². The molecule has 3 aromatic rings. The monoisotopic (exact) mass is 375 g/mol. The number of rotatable bonds is 6. The van der Waals surface area contributed by atoms with Crippen molar-refractivity contribution in [2.24, 2.45) is 0 Å². The number of carbonyl (C=O) groups excluding carboxylic acids is 2. The summed E-state index contributed by atoms with van der Waals surface area (Å²) in [4.78, 5) is 31.8. The van der Waals surface area contributed by atoms with E-state index >= 15 is 0 Å². The number of aryl methyl sites for hydroxylation is 1. The summed E-state index contributed by atoms with van der Waals surface area (Å²) in [7, 11) is 0. The molecule has 1 aromatic heterocycles. The van der Waals surface area contributed by atoms with Gasteiger partial charge in [0.05, 0.1) is 0 Å². The van der Waals surface area contributed by atoms with Gasteiger partial charge in [-0.1, -0.05) is 25.1 Å². The molecule has 0 aliphatic heterocycles. The topological polar surface area (TPSA) is 96.0 Å². The van der Waals surface area contributed by atoms with Crippen LogP contribution in [0, 0.1) is 0 Å². The quantitative estimate of drug-likeness (QED) is 0.605. The maximum Gasteiger partial charge on any atom is 0.274 e. The lowest BCUT2D eigenvalue weighted by atomic mass is 10.1. The summed E-state index contributed by atoms with van der Waals surface area (Å²) in [5, 5.41) is 8.70. The average molecular weight is 375 g/mol. The molecule has 0 saturated carbocycles. The van der Waals surface area contributed by atoms with Gasteiger partial charge in [0, 0.05) is 30.1 Å². The number of hydrogen-bond donors (Lipinski definition) is 3. The third-order valence-electron chi connectivity index (χ3n) is 4.02. The van der Waals surface area contributed by atoms with Crippen LogP contribution in [-0.4, -0.2) is 21.8 Å². The number of carbonyl (C=O) groups is 2. The van der Waals surface area contributed by atoms with Gasteiger partial charge in [-0.2, -0.15) is 0 Å². The Kier molecular flexibility index (Phi) is 5.96. The molecule has 0 atom stereocenters. The predicted octanol–water partition coefficient (Wildman–Crippen LogP) is 3.99. The van der Waals surface area contributed by atoms with Gasteiger partial charge in [-0.15, -0.1) is 0 Å². The zero-order valence-electron chi connectivity index (χ0n) is 15.7. The standard InChI is InChI=1S/C21H21N5O2/c1-3-15-6-4-5-7-18(15)26-20-12-19(22-13-23-20)21(28)25-17-10-8-16(9-11-17)24-14(2)27/h4-13H,3H2,1-2H3,(H,24,27)(H,25,28)(H,22,23,26). The van der Waals surface area contributed by atoms with Gasteiger partial charge in [0.15, 0.2) is 0 Å². The molecule has 1 heterocycles. The van der Waals surface area contributed by atoms with Gasteiger partial charge >= 0.3 is 0 Å². The summed E-state index contributed by atoms with van der Waals surface area (Å²) in [6.45, 7) is 3.52.